The summed E-state index contributed by atoms with van der Waals surface area (Å²) in [6.45, 7) is 1.58. The van der Waals surface area contributed by atoms with Crippen LogP contribution >= 0.6 is 0 Å². The van der Waals surface area contributed by atoms with E-state index in [1.165, 1.54) is 38.5 Å². The lowest BCUT2D eigenvalue weighted by atomic mass is 9.48. The van der Waals surface area contributed by atoms with Gasteiger partial charge in [-0.1, -0.05) is 30.3 Å². The number of hydrogen-bond donors (Lipinski definition) is 3. The Labute approximate surface area is 207 Å². The van der Waals surface area contributed by atoms with Crippen LogP contribution in [0.1, 0.15) is 55.3 Å². The van der Waals surface area contributed by atoms with Gasteiger partial charge >= 0.3 is 0 Å². The first-order valence-electron chi connectivity index (χ1n) is 13.3. The van der Waals surface area contributed by atoms with E-state index in [9.17, 15) is 9.90 Å². The zero-order valence-corrected chi connectivity index (χ0v) is 20.4. The van der Waals surface area contributed by atoms with Gasteiger partial charge in [0.1, 0.15) is 12.1 Å². The highest BCUT2D eigenvalue weighted by atomic mass is 16.3. The SMILES string of the molecule is NC(Cc1ccccc1)C(=O)N1CCc2c(ncnc2NC[C@@H](O)C23CC4CC(CC(C4)C2)C3)C1. The number of carbonyl (C=O) groups is 1. The van der Waals surface area contributed by atoms with Crippen LogP contribution in [0.15, 0.2) is 36.7 Å². The zero-order chi connectivity index (χ0) is 24.0. The number of benzene rings is 1. The number of aliphatic hydroxyl groups is 1. The molecule has 2 atom stereocenters. The van der Waals surface area contributed by atoms with Crippen molar-refractivity contribution >= 4 is 11.7 Å². The molecule has 4 bridgehead atoms. The molecule has 0 saturated heterocycles. The van der Waals surface area contributed by atoms with Gasteiger partial charge in [-0.2, -0.15) is 0 Å². The number of fused-ring (bicyclic) bond motifs is 1. The van der Waals surface area contributed by atoms with E-state index in [4.69, 9.17) is 5.73 Å². The molecule has 5 aliphatic rings. The van der Waals surface area contributed by atoms with Gasteiger partial charge in [0.2, 0.25) is 5.91 Å². The molecule has 4 saturated carbocycles. The van der Waals surface area contributed by atoms with Crippen LogP contribution in [0.2, 0.25) is 0 Å². The van der Waals surface area contributed by atoms with E-state index in [0.29, 0.717) is 32.5 Å². The third kappa shape index (κ3) is 4.45. The molecule has 2 aromatic rings. The molecule has 4 N–H and O–H groups in total. The van der Waals surface area contributed by atoms with E-state index < -0.39 is 6.04 Å². The minimum atomic E-state index is -0.561. The molecule has 0 radical (unpaired) electrons. The molecule has 1 amide bonds. The van der Waals surface area contributed by atoms with Crippen molar-refractivity contribution in [3.05, 3.63) is 53.5 Å². The summed E-state index contributed by atoms with van der Waals surface area (Å²) in [5.41, 5.74) is 9.36. The number of nitrogens with one attached hydrogen (secondary N) is 1. The lowest BCUT2D eigenvalue weighted by Crippen LogP contribution is -2.53. The monoisotopic (exact) mass is 475 g/mol. The minimum absolute atomic E-state index is 0.0372. The molecule has 4 aliphatic carbocycles. The summed E-state index contributed by atoms with van der Waals surface area (Å²) in [4.78, 5) is 23.8. The maximum Gasteiger partial charge on any atom is 0.240 e. The van der Waals surface area contributed by atoms with E-state index in [0.717, 1.165) is 40.4 Å². The second-order valence-corrected chi connectivity index (χ2v) is 11.6. The molecule has 4 fully saturated rings. The molecule has 1 aromatic carbocycles. The van der Waals surface area contributed by atoms with E-state index in [2.05, 4.69) is 15.3 Å². The molecule has 1 unspecified atom stereocenters. The highest BCUT2D eigenvalue weighted by Gasteiger charge is 2.53. The lowest BCUT2D eigenvalue weighted by molar-refractivity contribution is -0.133. The Hall–Kier alpha value is -2.51. The largest absolute Gasteiger partial charge is 0.391 e. The fraction of sp³-hybridized carbons (Fsp3) is 0.607. The summed E-state index contributed by atoms with van der Waals surface area (Å²) in [6.07, 6.45) is 10.1. The van der Waals surface area contributed by atoms with Crippen molar-refractivity contribution in [1.82, 2.24) is 14.9 Å². The van der Waals surface area contributed by atoms with Crippen LogP contribution in [0, 0.1) is 23.2 Å². The smallest absolute Gasteiger partial charge is 0.240 e. The third-order valence-electron chi connectivity index (χ3n) is 9.19. The van der Waals surface area contributed by atoms with E-state index in [1.807, 2.05) is 35.2 Å². The first-order valence-corrected chi connectivity index (χ1v) is 13.3. The summed E-state index contributed by atoms with van der Waals surface area (Å²) < 4.78 is 0. The number of aliphatic hydroxyl groups excluding tert-OH is 1. The highest BCUT2D eigenvalue weighted by Crippen LogP contribution is 2.61. The number of nitrogens with two attached hydrogens (primary N) is 1. The molecule has 0 spiro atoms. The van der Waals surface area contributed by atoms with E-state index in [-0.39, 0.29) is 17.4 Å². The van der Waals surface area contributed by atoms with Crippen LogP contribution in [-0.4, -0.2) is 51.1 Å². The maximum absolute atomic E-state index is 13.0. The van der Waals surface area contributed by atoms with Gasteiger partial charge in [0.25, 0.3) is 0 Å². The van der Waals surface area contributed by atoms with Gasteiger partial charge in [-0.05, 0) is 80.1 Å². The van der Waals surface area contributed by atoms with Crippen molar-refractivity contribution < 1.29 is 9.90 Å². The Balaban J connectivity index is 1.09. The summed E-state index contributed by atoms with van der Waals surface area (Å²) in [6, 6.07) is 9.34. The van der Waals surface area contributed by atoms with Gasteiger partial charge < -0.3 is 21.1 Å². The molecule has 7 nitrogen and oxygen atoms in total. The zero-order valence-electron chi connectivity index (χ0n) is 20.4. The molecule has 7 heteroatoms. The average Bonchev–Trinajstić information content (AvgIpc) is 2.86. The normalized spacial score (nSPS) is 30.6. The quantitative estimate of drug-likeness (QED) is 0.569. The number of carbonyl (C=O) groups excluding carboxylic acids is 1. The second-order valence-electron chi connectivity index (χ2n) is 11.6. The summed E-state index contributed by atoms with van der Waals surface area (Å²) in [7, 11) is 0. The van der Waals surface area contributed by atoms with Crippen molar-refractivity contribution in [1.29, 1.82) is 0 Å². The fourth-order valence-electron chi connectivity index (χ4n) is 7.88. The van der Waals surface area contributed by atoms with Crippen molar-refractivity contribution in [2.45, 2.75) is 70.1 Å². The van der Waals surface area contributed by atoms with Crippen molar-refractivity contribution in [3.8, 4) is 0 Å². The number of aromatic nitrogens is 2. The number of amides is 1. The minimum Gasteiger partial charge on any atom is -0.391 e. The molecule has 35 heavy (non-hydrogen) atoms. The Morgan fingerprint density at radius 1 is 1.11 bits per heavy atom. The van der Waals surface area contributed by atoms with Crippen LogP contribution in [-0.2, 0) is 24.2 Å². The predicted molar refractivity (Wildman–Crippen MR) is 134 cm³/mol. The number of hydrogen-bond acceptors (Lipinski definition) is 6. The van der Waals surface area contributed by atoms with Crippen LogP contribution in [0.25, 0.3) is 0 Å². The van der Waals surface area contributed by atoms with Gasteiger partial charge in [-0.3, -0.25) is 4.79 Å². The third-order valence-corrected chi connectivity index (χ3v) is 9.19. The van der Waals surface area contributed by atoms with Gasteiger partial charge in [0, 0.05) is 18.7 Å². The van der Waals surface area contributed by atoms with Crippen molar-refractivity contribution in [2.75, 3.05) is 18.4 Å². The highest BCUT2D eigenvalue weighted by molar-refractivity contribution is 5.82. The van der Waals surface area contributed by atoms with E-state index >= 15 is 0 Å². The first kappa shape index (κ1) is 22.9. The van der Waals surface area contributed by atoms with Gasteiger partial charge in [0.15, 0.2) is 0 Å². The molecule has 186 valence electrons. The number of rotatable bonds is 7. The lowest BCUT2D eigenvalue weighted by Gasteiger charge is -2.58. The number of nitrogens with zero attached hydrogens (tertiary/aromatic N) is 3. The van der Waals surface area contributed by atoms with Crippen molar-refractivity contribution in [3.63, 3.8) is 0 Å². The van der Waals surface area contributed by atoms with Gasteiger partial charge in [0.05, 0.1) is 24.4 Å². The van der Waals surface area contributed by atoms with Crippen LogP contribution in [0.4, 0.5) is 5.82 Å². The molecular formula is C28H37N5O2. The first-order chi connectivity index (χ1) is 17.0. The predicted octanol–water partition coefficient (Wildman–Crippen LogP) is 2.92. The molecule has 1 aliphatic heterocycles. The number of anilines is 1. The molecule has 2 heterocycles. The Morgan fingerprint density at radius 2 is 1.80 bits per heavy atom. The molecular weight excluding hydrogens is 438 g/mol. The van der Waals surface area contributed by atoms with Crippen LogP contribution < -0.4 is 11.1 Å². The summed E-state index contributed by atoms with van der Waals surface area (Å²) >= 11 is 0. The standard InChI is InChI=1S/C28H37N5O2/c29-23(11-18-4-2-1-3-5-18)27(35)33-7-6-22-24(16-33)31-17-32-26(22)30-15-25(34)28-12-19-8-20(13-28)10-21(9-19)14-28/h1-5,17,19-21,23,25,34H,6-16,29H2,(H,30,31,32)/t19?,20?,21?,23?,25-,28?/m1/s1. The average molecular weight is 476 g/mol. The summed E-state index contributed by atoms with van der Waals surface area (Å²) in [5.74, 6) is 3.22. The Morgan fingerprint density at radius 3 is 2.49 bits per heavy atom. The topological polar surface area (TPSA) is 104 Å². The molecule has 7 rings (SSSR count). The van der Waals surface area contributed by atoms with Crippen LogP contribution in [0.3, 0.4) is 0 Å². The van der Waals surface area contributed by atoms with Gasteiger partial charge in [-0.25, -0.2) is 9.97 Å². The van der Waals surface area contributed by atoms with Crippen molar-refractivity contribution in [2.24, 2.45) is 28.9 Å². The Bertz CT molecular complexity index is 1040. The van der Waals surface area contributed by atoms with Gasteiger partial charge in [-0.15, -0.1) is 0 Å². The fourth-order valence-corrected chi connectivity index (χ4v) is 7.88. The summed E-state index contributed by atoms with van der Waals surface area (Å²) in [5, 5.41) is 14.8. The Kier molecular flexibility index (Phi) is 6.01. The van der Waals surface area contributed by atoms with E-state index in [1.54, 1.807) is 6.33 Å². The maximum atomic E-state index is 13.0. The van der Waals surface area contributed by atoms with Crippen LogP contribution in [0.5, 0.6) is 0 Å². The molecule has 1 aromatic heterocycles. The second kappa shape index (κ2) is 9.17.